The summed E-state index contributed by atoms with van der Waals surface area (Å²) in [6.07, 6.45) is -18.2. The lowest BCUT2D eigenvalue weighted by Crippen LogP contribution is -2.54. The van der Waals surface area contributed by atoms with Crippen molar-refractivity contribution in [3.05, 3.63) is 95.1 Å². The zero-order valence-electron chi connectivity index (χ0n) is 21.8. The van der Waals surface area contributed by atoms with Gasteiger partial charge >= 0.3 is 18.5 Å². The summed E-state index contributed by atoms with van der Waals surface area (Å²) in [5, 5.41) is 9.93. The monoisotopic (exact) mass is 605 g/mol. The Labute approximate surface area is 234 Å². The van der Waals surface area contributed by atoms with Gasteiger partial charge in [-0.3, -0.25) is 4.79 Å². The van der Waals surface area contributed by atoms with E-state index in [1.807, 2.05) is 0 Å². The molecule has 0 unspecified atom stereocenters. The van der Waals surface area contributed by atoms with Crippen LogP contribution in [0.25, 0.3) is 0 Å². The van der Waals surface area contributed by atoms with Crippen molar-refractivity contribution in [2.24, 2.45) is 0 Å². The summed E-state index contributed by atoms with van der Waals surface area (Å²) in [4.78, 5) is 14.9. The van der Waals surface area contributed by atoms with Crippen LogP contribution in [0.1, 0.15) is 41.5 Å². The molecule has 3 aromatic rings. The third kappa shape index (κ3) is 6.06. The van der Waals surface area contributed by atoms with Crippen LogP contribution in [0.5, 0.6) is 5.75 Å². The van der Waals surface area contributed by atoms with E-state index in [0.29, 0.717) is 17.7 Å². The predicted molar refractivity (Wildman–Crippen MR) is 134 cm³/mol. The minimum atomic E-state index is -6.11. The Kier molecular flexibility index (Phi) is 8.29. The van der Waals surface area contributed by atoms with Gasteiger partial charge in [-0.05, 0) is 55.2 Å². The summed E-state index contributed by atoms with van der Waals surface area (Å²) in [5.41, 5.74) is -7.20. The Balaban J connectivity index is 1.76. The first-order valence-corrected chi connectivity index (χ1v) is 12.6. The van der Waals surface area contributed by atoms with Crippen LogP contribution < -0.4 is 9.64 Å². The Morgan fingerprint density at radius 1 is 0.857 bits per heavy atom. The van der Waals surface area contributed by atoms with Gasteiger partial charge in [-0.2, -0.15) is 39.5 Å². The molecule has 1 heterocycles. The molecule has 42 heavy (non-hydrogen) atoms. The fraction of sp³-hybridized carbons (Fsp3) is 0.345. The molecule has 0 radical (unpaired) electrons. The first kappa shape index (κ1) is 31.2. The van der Waals surface area contributed by atoms with E-state index in [-0.39, 0.29) is 36.4 Å². The number of carbonyl (C=O) groups excluding carboxylic acids is 1. The van der Waals surface area contributed by atoms with Crippen molar-refractivity contribution < 1.29 is 54.2 Å². The van der Waals surface area contributed by atoms with Gasteiger partial charge in [0.1, 0.15) is 11.9 Å². The highest BCUT2D eigenvalue weighted by Crippen LogP contribution is 2.51. The molecule has 0 bridgehead atoms. The molecule has 0 fully saturated rings. The van der Waals surface area contributed by atoms with E-state index in [2.05, 4.69) is 0 Å². The predicted octanol–water partition coefficient (Wildman–Crippen LogP) is 7.55. The summed E-state index contributed by atoms with van der Waals surface area (Å²) in [5.74, 6) is -1.57. The van der Waals surface area contributed by atoms with Crippen molar-refractivity contribution in [3.8, 4) is 5.75 Å². The van der Waals surface area contributed by atoms with E-state index in [0.717, 1.165) is 29.2 Å². The number of ether oxygens (including phenoxy) is 1. The van der Waals surface area contributed by atoms with Gasteiger partial charge in [0.2, 0.25) is 5.91 Å². The van der Waals surface area contributed by atoms with Crippen molar-refractivity contribution in [1.29, 1.82) is 0 Å². The third-order valence-electron chi connectivity index (χ3n) is 7.13. The number of carbonyl (C=O) groups is 1. The van der Waals surface area contributed by atoms with Crippen LogP contribution in [0.15, 0.2) is 72.8 Å². The maximum Gasteiger partial charge on any atom is 0.430 e. The van der Waals surface area contributed by atoms with Crippen molar-refractivity contribution in [3.63, 3.8) is 0 Å². The van der Waals surface area contributed by atoms with Crippen LogP contribution in [-0.4, -0.2) is 36.0 Å². The van der Waals surface area contributed by atoms with Crippen LogP contribution in [0.4, 0.5) is 45.2 Å². The molecule has 13 heteroatoms. The molecule has 4 nitrogen and oxygen atoms in total. The highest BCUT2D eigenvalue weighted by atomic mass is 19.4. The number of aryl methyl sites for hydroxylation is 1. The van der Waals surface area contributed by atoms with E-state index in [9.17, 15) is 49.4 Å². The molecule has 1 amide bonds. The highest BCUT2D eigenvalue weighted by molar-refractivity contribution is 5.98. The number of alkyl halides is 9. The number of rotatable bonds is 5. The fourth-order valence-corrected chi connectivity index (χ4v) is 4.83. The molecule has 0 aliphatic carbocycles. The standard InChI is InChI=1S/C29H24F9NO3/c1-17(18-6-3-2-4-7-18)25(40)39-16-23(42-22-9-5-8-21(15-22)27(30,31)32)12-10-19-14-20(11-13-24(19)39)26(41,28(33,34)35)29(36,37)38/h2-9,11,13-15,17,23,41H,10,12,16H2,1H3/t17-,23-/m0/s1. The van der Waals surface area contributed by atoms with Gasteiger partial charge in [0, 0.05) is 11.3 Å². The van der Waals surface area contributed by atoms with Crippen LogP contribution in [0, 0.1) is 0 Å². The van der Waals surface area contributed by atoms with E-state index >= 15 is 0 Å². The van der Waals surface area contributed by atoms with Gasteiger partial charge in [0.05, 0.1) is 18.0 Å². The van der Waals surface area contributed by atoms with Gasteiger partial charge in [-0.1, -0.05) is 48.5 Å². The maximum atomic E-state index is 13.7. The summed E-state index contributed by atoms with van der Waals surface area (Å²) in [7, 11) is 0. The molecule has 3 aromatic carbocycles. The number of nitrogens with zero attached hydrogens (tertiary/aromatic N) is 1. The average Bonchev–Trinajstić information content (AvgIpc) is 3.09. The lowest BCUT2D eigenvalue weighted by atomic mass is 9.89. The molecule has 4 rings (SSSR count). The van der Waals surface area contributed by atoms with Gasteiger partial charge < -0.3 is 14.7 Å². The van der Waals surface area contributed by atoms with Crippen molar-refractivity contribution in [1.82, 2.24) is 0 Å². The second kappa shape index (κ2) is 11.2. The number of hydrogen-bond acceptors (Lipinski definition) is 3. The molecule has 0 saturated carbocycles. The van der Waals surface area contributed by atoms with Crippen LogP contribution in [0.2, 0.25) is 0 Å². The average molecular weight is 605 g/mol. The SMILES string of the molecule is C[C@H](C(=O)N1C[C@@H](Oc2cccc(C(F)(F)F)c2)CCc2cc(C(O)(C(F)(F)F)C(F)(F)F)ccc21)c1ccccc1. The normalized spacial score (nSPS) is 17.3. The van der Waals surface area contributed by atoms with E-state index < -0.39 is 53.2 Å². The second-order valence-corrected chi connectivity index (χ2v) is 9.93. The molecule has 1 aliphatic heterocycles. The van der Waals surface area contributed by atoms with Crippen LogP contribution in [0.3, 0.4) is 0 Å². The Morgan fingerprint density at radius 3 is 2.10 bits per heavy atom. The number of anilines is 1. The quantitative estimate of drug-likeness (QED) is 0.306. The zero-order valence-corrected chi connectivity index (χ0v) is 21.8. The summed E-state index contributed by atoms with van der Waals surface area (Å²) < 4.78 is 127. The van der Waals surface area contributed by atoms with E-state index in [4.69, 9.17) is 4.74 Å². The number of hydrogen-bond donors (Lipinski definition) is 1. The fourth-order valence-electron chi connectivity index (χ4n) is 4.83. The molecule has 0 spiro atoms. The summed E-state index contributed by atoms with van der Waals surface area (Å²) in [6.45, 7) is 1.30. The number of halogens is 9. The molecular weight excluding hydrogens is 581 g/mol. The Bertz CT molecular complexity index is 1400. The lowest BCUT2D eigenvalue weighted by molar-refractivity contribution is -0.376. The Hall–Kier alpha value is -3.74. The molecular formula is C29H24F9NO3. The molecule has 2 atom stereocenters. The summed E-state index contributed by atoms with van der Waals surface area (Å²) in [6, 6.07) is 14.3. The molecule has 1 N–H and O–H groups in total. The van der Waals surface area contributed by atoms with Crippen molar-refractivity contribution in [2.75, 3.05) is 11.4 Å². The highest BCUT2D eigenvalue weighted by Gasteiger charge is 2.71. The van der Waals surface area contributed by atoms with E-state index in [1.165, 1.54) is 6.07 Å². The zero-order chi connectivity index (χ0) is 31.1. The number of aliphatic hydroxyl groups is 1. The smallest absolute Gasteiger partial charge is 0.430 e. The van der Waals surface area contributed by atoms with Crippen molar-refractivity contribution >= 4 is 11.6 Å². The van der Waals surface area contributed by atoms with Crippen LogP contribution in [-0.2, 0) is 23.0 Å². The first-order chi connectivity index (χ1) is 19.4. The second-order valence-electron chi connectivity index (χ2n) is 9.93. The molecule has 226 valence electrons. The number of benzene rings is 3. The summed E-state index contributed by atoms with van der Waals surface area (Å²) >= 11 is 0. The molecule has 0 saturated heterocycles. The number of fused-ring (bicyclic) bond motifs is 1. The molecule has 0 aromatic heterocycles. The van der Waals surface area contributed by atoms with Gasteiger partial charge in [0.15, 0.2) is 0 Å². The molecule has 1 aliphatic rings. The van der Waals surface area contributed by atoms with Crippen molar-refractivity contribution in [2.45, 2.75) is 55.9 Å². The lowest BCUT2D eigenvalue weighted by Gasteiger charge is -2.34. The Morgan fingerprint density at radius 2 is 1.50 bits per heavy atom. The van der Waals surface area contributed by atoms with E-state index in [1.54, 1.807) is 37.3 Å². The largest absolute Gasteiger partial charge is 0.489 e. The van der Waals surface area contributed by atoms with Crippen LogP contribution >= 0.6 is 0 Å². The minimum absolute atomic E-state index is 0.00614. The van der Waals surface area contributed by atoms with Gasteiger partial charge in [-0.15, -0.1) is 0 Å². The third-order valence-corrected chi connectivity index (χ3v) is 7.13. The first-order valence-electron chi connectivity index (χ1n) is 12.6. The maximum absolute atomic E-state index is 13.7. The van der Waals surface area contributed by atoms with Gasteiger partial charge in [-0.25, -0.2) is 0 Å². The number of amides is 1. The topological polar surface area (TPSA) is 49.8 Å². The minimum Gasteiger partial charge on any atom is -0.489 e. The van der Waals surface area contributed by atoms with Gasteiger partial charge in [0.25, 0.3) is 5.60 Å².